The number of hydrogen-bond donors (Lipinski definition) is 2. The molecule has 0 saturated carbocycles. The Bertz CT molecular complexity index is 633. The summed E-state index contributed by atoms with van der Waals surface area (Å²) in [5.74, 6) is 0.0468. The molecule has 8 heteroatoms. The maximum Gasteiger partial charge on any atom is 0.239 e. The van der Waals surface area contributed by atoms with E-state index in [1.54, 1.807) is 31.3 Å². The van der Waals surface area contributed by atoms with Gasteiger partial charge < -0.3 is 5.73 Å². The van der Waals surface area contributed by atoms with Gasteiger partial charge in [-0.2, -0.15) is 10.1 Å². The molecular weight excluding hydrogens is 254 g/mol. The fourth-order valence-corrected chi connectivity index (χ4v) is 2.56. The van der Waals surface area contributed by atoms with Crippen molar-refractivity contribution in [3.8, 4) is 0 Å². The highest BCUT2D eigenvalue weighted by Gasteiger charge is 2.14. The summed E-state index contributed by atoms with van der Waals surface area (Å²) < 4.78 is 27.5. The van der Waals surface area contributed by atoms with Gasteiger partial charge in [0.05, 0.1) is 5.75 Å². The molecule has 18 heavy (non-hydrogen) atoms. The summed E-state index contributed by atoms with van der Waals surface area (Å²) in [6, 6.07) is 6.66. The third-order valence-electron chi connectivity index (χ3n) is 2.29. The number of aryl methyl sites for hydroxylation is 1. The molecule has 1 aromatic carbocycles. The number of rotatable bonds is 4. The van der Waals surface area contributed by atoms with Crippen molar-refractivity contribution in [1.29, 1.82) is 0 Å². The smallest absolute Gasteiger partial charge is 0.239 e. The lowest BCUT2D eigenvalue weighted by Crippen LogP contribution is -2.17. The molecule has 0 aliphatic carbocycles. The summed E-state index contributed by atoms with van der Waals surface area (Å²) in [5.41, 5.74) is 6.78. The highest BCUT2D eigenvalue weighted by Crippen LogP contribution is 2.11. The lowest BCUT2D eigenvalue weighted by Gasteiger charge is -2.07. The Morgan fingerprint density at radius 1 is 1.33 bits per heavy atom. The Morgan fingerprint density at radius 2 is 2.00 bits per heavy atom. The molecule has 1 aromatic heterocycles. The normalized spacial score (nSPS) is 11.4. The summed E-state index contributed by atoms with van der Waals surface area (Å²) in [4.78, 5) is 3.80. The number of aromatic nitrogens is 3. The average molecular weight is 267 g/mol. The number of anilines is 2. The van der Waals surface area contributed by atoms with Gasteiger partial charge in [0.25, 0.3) is 0 Å². The Morgan fingerprint density at radius 3 is 2.56 bits per heavy atom. The summed E-state index contributed by atoms with van der Waals surface area (Å²) in [7, 11) is -1.90. The molecular formula is C10H13N5O2S. The van der Waals surface area contributed by atoms with Gasteiger partial charge >= 0.3 is 0 Å². The highest BCUT2D eigenvalue weighted by molar-refractivity contribution is 7.91. The van der Waals surface area contributed by atoms with E-state index >= 15 is 0 Å². The van der Waals surface area contributed by atoms with Gasteiger partial charge in [0.2, 0.25) is 16.0 Å². The summed E-state index contributed by atoms with van der Waals surface area (Å²) in [6.45, 7) is 0. The molecule has 2 aromatic rings. The van der Waals surface area contributed by atoms with E-state index in [4.69, 9.17) is 5.73 Å². The average Bonchev–Trinajstić information content (AvgIpc) is 2.67. The predicted molar refractivity (Wildman–Crippen MR) is 68.1 cm³/mol. The van der Waals surface area contributed by atoms with Crippen LogP contribution in [-0.2, 0) is 22.8 Å². The van der Waals surface area contributed by atoms with Crippen molar-refractivity contribution in [2.75, 3.05) is 10.5 Å². The number of hydrogen-bond acceptors (Lipinski definition) is 5. The van der Waals surface area contributed by atoms with Crippen molar-refractivity contribution in [1.82, 2.24) is 14.8 Å². The second kappa shape index (κ2) is 4.65. The molecule has 0 aliphatic rings. The second-order valence-electron chi connectivity index (χ2n) is 3.81. The molecule has 7 nitrogen and oxygen atoms in total. The number of nitrogens with two attached hydrogens (primary N) is 1. The predicted octanol–water partition coefficient (Wildman–Crippen LogP) is 0.339. The van der Waals surface area contributed by atoms with E-state index in [-0.39, 0.29) is 11.7 Å². The van der Waals surface area contributed by atoms with E-state index in [0.717, 1.165) is 0 Å². The zero-order valence-electron chi connectivity index (χ0n) is 9.74. The van der Waals surface area contributed by atoms with Crippen molar-refractivity contribution in [3.05, 3.63) is 36.2 Å². The number of sulfonamides is 1. The van der Waals surface area contributed by atoms with Crippen molar-refractivity contribution in [2.45, 2.75) is 5.75 Å². The van der Waals surface area contributed by atoms with E-state index in [0.29, 0.717) is 11.3 Å². The first-order chi connectivity index (χ1) is 8.46. The summed E-state index contributed by atoms with van der Waals surface area (Å²) >= 11 is 0. The van der Waals surface area contributed by atoms with Crippen LogP contribution in [0.1, 0.15) is 5.56 Å². The monoisotopic (exact) mass is 267 g/mol. The summed E-state index contributed by atoms with van der Waals surface area (Å²) in [6.07, 6.45) is 1.28. The number of nitrogens with zero attached hydrogens (tertiary/aromatic N) is 3. The van der Waals surface area contributed by atoms with Gasteiger partial charge in [-0.15, -0.1) is 0 Å². The molecule has 0 aliphatic heterocycles. The Labute approximate surface area is 105 Å². The molecule has 96 valence electrons. The van der Waals surface area contributed by atoms with Gasteiger partial charge in [0.15, 0.2) is 0 Å². The van der Waals surface area contributed by atoms with Crippen molar-refractivity contribution in [2.24, 2.45) is 7.05 Å². The van der Waals surface area contributed by atoms with Crippen LogP contribution in [0.4, 0.5) is 11.6 Å². The Hall–Kier alpha value is -2.09. The first-order valence-electron chi connectivity index (χ1n) is 5.15. The van der Waals surface area contributed by atoms with Gasteiger partial charge in [0.1, 0.15) is 6.33 Å². The topological polar surface area (TPSA) is 103 Å². The maximum atomic E-state index is 11.9. The summed E-state index contributed by atoms with van der Waals surface area (Å²) in [5, 5.41) is 3.78. The van der Waals surface area contributed by atoms with Crippen LogP contribution in [0.2, 0.25) is 0 Å². The van der Waals surface area contributed by atoms with E-state index in [1.807, 2.05) is 0 Å². The van der Waals surface area contributed by atoms with Crippen LogP contribution in [-0.4, -0.2) is 23.2 Å². The van der Waals surface area contributed by atoms with Gasteiger partial charge in [-0.3, -0.25) is 4.72 Å². The van der Waals surface area contributed by atoms with Crippen molar-refractivity contribution >= 4 is 21.7 Å². The third kappa shape index (κ3) is 2.98. The molecule has 0 amide bonds. The van der Waals surface area contributed by atoms with Crippen LogP contribution >= 0.6 is 0 Å². The molecule has 2 rings (SSSR count). The van der Waals surface area contributed by atoms with E-state index in [2.05, 4.69) is 14.8 Å². The van der Waals surface area contributed by atoms with Gasteiger partial charge in [-0.05, 0) is 17.7 Å². The van der Waals surface area contributed by atoms with Gasteiger partial charge in [0, 0.05) is 12.7 Å². The van der Waals surface area contributed by atoms with Crippen molar-refractivity contribution in [3.63, 3.8) is 0 Å². The van der Waals surface area contributed by atoms with Crippen LogP contribution in [0.25, 0.3) is 0 Å². The van der Waals surface area contributed by atoms with Gasteiger partial charge in [-0.1, -0.05) is 12.1 Å². The minimum absolute atomic E-state index is 0.139. The molecule has 0 atom stereocenters. The van der Waals surface area contributed by atoms with Crippen molar-refractivity contribution < 1.29 is 8.42 Å². The minimum atomic E-state index is -3.51. The van der Waals surface area contributed by atoms with E-state index < -0.39 is 10.0 Å². The minimum Gasteiger partial charge on any atom is -0.399 e. The van der Waals surface area contributed by atoms with E-state index in [1.165, 1.54) is 11.0 Å². The van der Waals surface area contributed by atoms with Crippen LogP contribution in [0, 0.1) is 0 Å². The first kappa shape index (κ1) is 12.4. The molecule has 3 N–H and O–H groups in total. The lowest BCUT2D eigenvalue weighted by molar-refractivity contribution is 0.599. The number of nitrogen functional groups attached to an aromatic ring is 1. The molecule has 0 radical (unpaired) electrons. The molecule has 1 heterocycles. The van der Waals surface area contributed by atoms with E-state index in [9.17, 15) is 8.42 Å². The third-order valence-corrected chi connectivity index (χ3v) is 3.50. The second-order valence-corrected chi connectivity index (χ2v) is 5.53. The number of nitrogens with one attached hydrogen (secondary N) is 1. The molecule has 0 saturated heterocycles. The van der Waals surface area contributed by atoms with Crippen LogP contribution in [0.3, 0.4) is 0 Å². The molecule has 0 fully saturated rings. The Kier molecular flexibility index (Phi) is 3.19. The molecule has 0 bridgehead atoms. The quantitative estimate of drug-likeness (QED) is 0.777. The zero-order valence-corrected chi connectivity index (χ0v) is 10.6. The van der Waals surface area contributed by atoms with Crippen LogP contribution in [0.15, 0.2) is 30.6 Å². The SMILES string of the molecule is Cn1ncnc1NS(=O)(=O)Cc1ccc(N)cc1. The number of benzene rings is 1. The largest absolute Gasteiger partial charge is 0.399 e. The highest BCUT2D eigenvalue weighted by atomic mass is 32.2. The first-order valence-corrected chi connectivity index (χ1v) is 6.80. The van der Waals surface area contributed by atoms with Gasteiger partial charge in [-0.25, -0.2) is 13.1 Å². The fourth-order valence-electron chi connectivity index (χ4n) is 1.40. The molecule has 0 spiro atoms. The fraction of sp³-hybridized carbons (Fsp3) is 0.200. The standard InChI is InChI=1S/C10H13N5O2S/c1-15-10(12-7-13-15)14-18(16,17)6-8-2-4-9(11)5-3-8/h2-5,7H,6,11H2,1H3,(H,12,13,14). The maximum absolute atomic E-state index is 11.9. The Balaban J connectivity index is 2.13. The van der Waals surface area contributed by atoms with Crippen LogP contribution in [0.5, 0.6) is 0 Å². The zero-order chi connectivity index (χ0) is 13.2. The molecule has 0 unspecified atom stereocenters. The van der Waals surface area contributed by atoms with Crippen LogP contribution < -0.4 is 10.5 Å². The lowest BCUT2D eigenvalue weighted by atomic mass is 10.2.